The summed E-state index contributed by atoms with van der Waals surface area (Å²) in [6.45, 7) is -0.596. The standard InChI is InChI=1S/C14H20F2N2O/c15-14(16)19-13-7-2-1-5-11(13)10-18-8-4-3-6-12(18)9-17/h1-2,5,7,12,14H,3-4,6,8-10,17H2. The average Bonchev–Trinajstić information content (AvgIpc) is 2.41. The first-order valence-electron chi connectivity index (χ1n) is 6.67. The van der Waals surface area contributed by atoms with Crippen molar-refractivity contribution in [2.75, 3.05) is 13.1 Å². The van der Waals surface area contributed by atoms with E-state index in [1.165, 1.54) is 6.42 Å². The molecule has 106 valence electrons. The summed E-state index contributed by atoms with van der Waals surface area (Å²) in [6.07, 6.45) is 3.40. The van der Waals surface area contributed by atoms with Gasteiger partial charge in [0.1, 0.15) is 5.75 Å². The van der Waals surface area contributed by atoms with Crippen molar-refractivity contribution in [3.63, 3.8) is 0 Å². The van der Waals surface area contributed by atoms with Gasteiger partial charge in [-0.1, -0.05) is 24.6 Å². The minimum absolute atomic E-state index is 0.263. The maximum atomic E-state index is 12.4. The molecule has 1 aliphatic heterocycles. The van der Waals surface area contributed by atoms with Crippen molar-refractivity contribution in [3.8, 4) is 5.75 Å². The molecule has 1 fully saturated rings. The fraction of sp³-hybridized carbons (Fsp3) is 0.571. The number of ether oxygens (including phenoxy) is 1. The predicted molar refractivity (Wildman–Crippen MR) is 70.2 cm³/mol. The molecule has 1 heterocycles. The summed E-state index contributed by atoms with van der Waals surface area (Å²) in [4.78, 5) is 2.26. The Morgan fingerprint density at radius 1 is 1.32 bits per heavy atom. The first-order chi connectivity index (χ1) is 9.20. The van der Waals surface area contributed by atoms with E-state index in [4.69, 9.17) is 5.73 Å². The molecular weight excluding hydrogens is 250 g/mol. The second-order valence-corrected chi connectivity index (χ2v) is 4.84. The molecule has 2 N–H and O–H groups in total. The lowest BCUT2D eigenvalue weighted by Crippen LogP contribution is -2.43. The molecule has 1 atom stereocenters. The van der Waals surface area contributed by atoms with Crippen molar-refractivity contribution in [2.45, 2.75) is 38.5 Å². The number of halogens is 2. The molecule has 1 saturated heterocycles. The predicted octanol–water partition coefficient (Wildman–Crippen LogP) is 2.60. The van der Waals surface area contributed by atoms with Crippen molar-refractivity contribution < 1.29 is 13.5 Å². The quantitative estimate of drug-likeness (QED) is 0.893. The molecule has 1 aromatic rings. The Kier molecular flexibility index (Phi) is 5.10. The second-order valence-electron chi connectivity index (χ2n) is 4.84. The number of nitrogens with two attached hydrogens (primary N) is 1. The lowest BCUT2D eigenvalue weighted by Gasteiger charge is -2.35. The molecule has 19 heavy (non-hydrogen) atoms. The van der Waals surface area contributed by atoms with Crippen LogP contribution in [-0.4, -0.2) is 30.6 Å². The molecule has 1 unspecified atom stereocenters. The number of piperidine rings is 1. The van der Waals surface area contributed by atoms with Crippen LogP contribution >= 0.6 is 0 Å². The zero-order valence-electron chi connectivity index (χ0n) is 10.9. The highest BCUT2D eigenvalue weighted by Crippen LogP contribution is 2.25. The van der Waals surface area contributed by atoms with Gasteiger partial charge in [-0.25, -0.2) is 0 Å². The van der Waals surface area contributed by atoms with E-state index in [9.17, 15) is 8.78 Å². The maximum Gasteiger partial charge on any atom is 0.387 e. The molecule has 1 aliphatic rings. The monoisotopic (exact) mass is 270 g/mol. The number of likely N-dealkylation sites (tertiary alicyclic amines) is 1. The highest BCUT2D eigenvalue weighted by atomic mass is 19.3. The van der Waals surface area contributed by atoms with Crippen LogP contribution in [0.4, 0.5) is 8.78 Å². The van der Waals surface area contributed by atoms with Crippen LogP contribution in [0.1, 0.15) is 24.8 Å². The van der Waals surface area contributed by atoms with Gasteiger partial charge < -0.3 is 10.5 Å². The molecule has 5 heteroatoms. The summed E-state index contributed by atoms with van der Waals surface area (Å²) in [7, 11) is 0. The molecule has 3 nitrogen and oxygen atoms in total. The van der Waals surface area contributed by atoms with Gasteiger partial charge in [0, 0.05) is 24.7 Å². The summed E-state index contributed by atoms with van der Waals surface area (Å²) in [5.74, 6) is 0.263. The van der Waals surface area contributed by atoms with Crippen LogP contribution in [0, 0.1) is 0 Å². The Morgan fingerprint density at radius 2 is 2.11 bits per heavy atom. The van der Waals surface area contributed by atoms with Crippen molar-refractivity contribution in [1.82, 2.24) is 4.90 Å². The number of alkyl halides is 2. The lowest BCUT2D eigenvalue weighted by atomic mass is 10.0. The van der Waals surface area contributed by atoms with Crippen LogP contribution in [-0.2, 0) is 6.54 Å². The molecule has 0 aliphatic carbocycles. The molecule has 0 amide bonds. The third-order valence-electron chi connectivity index (χ3n) is 3.58. The third kappa shape index (κ3) is 3.88. The average molecular weight is 270 g/mol. The fourth-order valence-electron chi connectivity index (χ4n) is 2.60. The van der Waals surface area contributed by atoms with E-state index < -0.39 is 6.61 Å². The first kappa shape index (κ1) is 14.2. The second kappa shape index (κ2) is 6.82. The summed E-state index contributed by atoms with van der Waals surface area (Å²) >= 11 is 0. The van der Waals surface area contributed by atoms with E-state index in [1.54, 1.807) is 12.1 Å². The van der Waals surface area contributed by atoms with Gasteiger partial charge in [-0.15, -0.1) is 0 Å². The van der Waals surface area contributed by atoms with Crippen LogP contribution in [0.5, 0.6) is 5.75 Å². The maximum absolute atomic E-state index is 12.4. The van der Waals surface area contributed by atoms with Gasteiger partial charge in [-0.05, 0) is 25.5 Å². The Hall–Kier alpha value is -1.20. The molecular formula is C14H20F2N2O. The van der Waals surface area contributed by atoms with Gasteiger partial charge in [0.2, 0.25) is 0 Å². The molecule has 1 aromatic carbocycles. The van der Waals surface area contributed by atoms with Gasteiger partial charge in [-0.3, -0.25) is 4.90 Å². The number of para-hydroxylation sites is 1. The minimum atomic E-state index is -2.78. The normalized spacial score (nSPS) is 20.7. The van der Waals surface area contributed by atoms with E-state index in [1.807, 2.05) is 12.1 Å². The van der Waals surface area contributed by atoms with Crippen molar-refractivity contribution in [1.29, 1.82) is 0 Å². The molecule has 0 saturated carbocycles. The van der Waals surface area contributed by atoms with E-state index in [-0.39, 0.29) is 5.75 Å². The number of hydrogen-bond acceptors (Lipinski definition) is 3. The molecule has 0 radical (unpaired) electrons. The smallest absolute Gasteiger partial charge is 0.387 e. The van der Waals surface area contributed by atoms with Crippen molar-refractivity contribution in [3.05, 3.63) is 29.8 Å². The Balaban J connectivity index is 2.08. The highest BCUT2D eigenvalue weighted by molar-refractivity contribution is 5.33. The highest BCUT2D eigenvalue weighted by Gasteiger charge is 2.22. The molecule has 0 spiro atoms. The van der Waals surface area contributed by atoms with Gasteiger partial charge in [0.25, 0.3) is 0 Å². The van der Waals surface area contributed by atoms with Crippen LogP contribution in [0.15, 0.2) is 24.3 Å². The van der Waals surface area contributed by atoms with E-state index in [0.29, 0.717) is 19.1 Å². The molecule has 0 aromatic heterocycles. The number of benzene rings is 1. The Labute approximate surface area is 112 Å². The van der Waals surface area contributed by atoms with Gasteiger partial charge in [-0.2, -0.15) is 8.78 Å². The zero-order chi connectivity index (χ0) is 13.7. The number of nitrogens with zero attached hydrogens (tertiary/aromatic N) is 1. The van der Waals surface area contributed by atoms with Gasteiger partial charge >= 0.3 is 6.61 Å². The van der Waals surface area contributed by atoms with Crippen LogP contribution in [0.2, 0.25) is 0 Å². The van der Waals surface area contributed by atoms with Gasteiger partial charge in [0.15, 0.2) is 0 Å². The SMILES string of the molecule is NCC1CCCCN1Cc1ccccc1OC(F)F. The molecule has 0 bridgehead atoms. The Bertz CT molecular complexity index is 401. The first-order valence-corrected chi connectivity index (χ1v) is 6.67. The van der Waals surface area contributed by atoms with Gasteiger partial charge in [0.05, 0.1) is 0 Å². The number of hydrogen-bond donors (Lipinski definition) is 1. The number of rotatable bonds is 5. The molecule has 2 rings (SSSR count). The van der Waals surface area contributed by atoms with Crippen LogP contribution < -0.4 is 10.5 Å². The summed E-state index contributed by atoms with van der Waals surface area (Å²) in [5, 5.41) is 0. The fourth-order valence-corrected chi connectivity index (χ4v) is 2.60. The summed E-state index contributed by atoms with van der Waals surface area (Å²) < 4.78 is 29.3. The summed E-state index contributed by atoms with van der Waals surface area (Å²) in [6, 6.07) is 7.31. The lowest BCUT2D eigenvalue weighted by molar-refractivity contribution is -0.0509. The van der Waals surface area contributed by atoms with Crippen LogP contribution in [0.3, 0.4) is 0 Å². The van der Waals surface area contributed by atoms with E-state index >= 15 is 0 Å². The van der Waals surface area contributed by atoms with E-state index in [0.717, 1.165) is 24.9 Å². The topological polar surface area (TPSA) is 38.5 Å². The van der Waals surface area contributed by atoms with E-state index in [2.05, 4.69) is 9.64 Å². The largest absolute Gasteiger partial charge is 0.434 e. The summed E-state index contributed by atoms with van der Waals surface area (Å²) in [5.41, 5.74) is 6.57. The van der Waals surface area contributed by atoms with Crippen molar-refractivity contribution >= 4 is 0 Å². The third-order valence-corrected chi connectivity index (χ3v) is 3.58. The van der Waals surface area contributed by atoms with Crippen LogP contribution in [0.25, 0.3) is 0 Å². The zero-order valence-corrected chi connectivity index (χ0v) is 10.9. The van der Waals surface area contributed by atoms with Crippen molar-refractivity contribution in [2.24, 2.45) is 5.73 Å². The minimum Gasteiger partial charge on any atom is -0.434 e. The Morgan fingerprint density at radius 3 is 2.84 bits per heavy atom.